The Bertz CT molecular complexity index is 1690. The average Bonchev–Trinajstić information content (AvgIpc) is 3.38. The molecule has 1 saturated carbocycles. The highest BCUT2D eigenvalue weighted by molar-refractivity contribution is 7.13. The molecule has 11 nitrogen and oxygen atoms in total. The van der Waals surface area contributed by atoms with Gasteiger partial charge in [0, 0.05) is 41.8 Å². The van der Waals surface area contributed by atoms with Crippen LogP contribution in [-0.2, 0) is 14.3 Å². The van der Waals surface area contributed by atoms with Gasteiger partial charge in [0.2, 0.25) is 5.91 Å². The van der Waals surface area contributed by atoms with Crippen LogP contribution in [0, 0.1) is 5.92 Å². The molecule has 262 valence electrons. The number of methoxy groups -OCH3 is 1. The lowest BCUT2D eigenvalue weighted by molar-refractivity contribution is -0.149. The Labute approximate surface area is 292 Å². The van der Waals surface area contributed by atoms with Crippen molar-refractivity contribution in [3.8, 4) is 22.2 Å². The first kappa shape index (κ1) is 35.8. The summed E-state index contributed by atoms with van der Waals surface area (Å²) in [6, 6.07) is 6.23. The van der Waals surface area contributed by atoms with Gasteiger partial charge in [0.05, 0.1) is 31.5 Å². The number of unbranched alkanes of at least 4 members (excludes halogenated alkanes) is 3. The lowest BCUT2D eigenvalue weighted by Crippen LogP contribution is -2.54. The quantitative estimate of drug-likeness (QED) is 0.101. The first-order valence-corrected chi connectivity index (χ1v) is 17.9. The Kier molecular flexibility index (Phi) is 11.6. The average molecular weight is 690 g/mol. The smallest absolute Gasteiger partial charge is 0.332 e. The van der Waals surface area contributed by atoms with Crippen LogP contribution >= 0.6 is 11.3 Å². The molecule has 2 fully saturated rings. The van der Waals surface area contributed by atoms with Crippen molar-refractivity contribution in [2.45, 2.75) is 82.9 Å². The number of thiazole rings is 1. The molecular weight excluding hydrogens is 643 g/mol. The number of aromatic nitrogens is 2. The Balaban J connectivity index is 1.41. The topological polar surface area (TPSA) is 132 Å². The molecule has 0 spiro atoms. The van der Waals surface area contributed by atoms with Crippen molar-refractivity contribution in [1.29, 1.82) is 0 Å². The summed E-state index contributed by atoms with van der Waals surface area (Å²) in [7, 11) is 1.60. The predicted molar refractivity (Wildman–Crippen MR) is 191 cm³/mol. The fourth-order valence-electron chi connectivity index (χ4n) is 6.17. The molecule has 2 aromatic heterocycles. The Morgan fingerprint density at radius 2 is 1.98 bits per heavy atom. The molecule has 3 heterocycles. The lowest BCUT2D eigenvalue weighted by Gasteiger charge is -2.26. The van der Waals surface area contributed by atoms with E-state index in [1.165, 1.54) is 16.2 Å². The molecule has 2 N–H and O–H groups in total. The van der Waals surface area contributed by atoms with Crippen LogP contribution in [0.25, 0.3) is 21.6 Å². The van der Waals surface area contributed by atoms with Crippen molar-refractivity contribution in [2.24, 2.45) is 5.92 Å². The minimum absolute atomic E-state index is 0.168. The van der Waals surface area contributed by atoms with Gasteiger partial charge in [0.1, 0.15) is 39.9 Å². The molecule has 5 rings (SSSR count). The number of nitrogens with one attached hydrogen (secondary N) is 2. The summed E-state index contributed by atoms with van der Waals surface area (Å²) >= 11 is 1.52. The van der Waals surface area contributed by atoms with Gasteiger partial charge in [-0.05, 0) is 50.7 Å². The minimum Gasteiger partial charge on any atom is -0.497 e. The largest absolute Gasteiger partial charge is 0.497 e. The van der Waals surface area contributed by atoms with E-state index in [2.05, 4.69) is 37.6 Å². The Morgan fingerprint density at radius 1 is 1.16 bits per heavy atom. The van der Waals surface area contributed by atoms with Gasteiger partial charge in [-0.2, -0.15) is 0 Å². The number of amides is 3. The first-order valence-electron chi connectivity index (χ1n) is 17.0. The van der Waals surface area contributed by atoms with E-state index < -0.39 is 29.6 Å². The Morgan fingerprint density at radius 3 is 2.65 bits per heavy atom. The van der Waals surface area contributed by atoms with Crippen molar-refractivity contribution < 1.29 is 28.6 Å². The third-order valence-electron chi connectivity index (χ3n) is 9.08. The number of nitrogens with zero attached hydrogens (tertiary/aromatic N) is 3. The minimum atomic E-state index is -1.18. The second-order valence-corrected chi connectivity index (χ2v) is 13.7. The summed E-state index contributed by atoms with van der Waals surface area (Å²) in [5, 5.41) is 9.49. The predicted octanol–water partition coefficient (Wildman–Crippen LogP) is 6.39. The van der Waals surface area contributed by atoms with Gasteiger partial charge >= 0.3 is 12.0 Å². The molecule has 0 bridgehead atoms. The van der Waals surface area contributed by atoms with Crippen LogP contribution in [0.3, 0.4) is 0 Å². The van der Waals surface area contributed by atoms with E-state index in [0.717, 1.165) is 41.8 Å². The molecule has 0 radical (unpaired) electrons. The molecule has 1 aliphatic carbocycles. The van der Waals surface area contributed by atoms with Crippen LogP contribution in [0.2, 0.25) is 0 Å². The number of rotatable bonds is 16. The zero-order valence-corrected chi connectivity index (χ0v) is 29.6. The van der Waals surface area contributed by atoms with E-state index in [1.807, 2.05) is 35.7 Å². The van der Waals surface area contributed by atoms with Crippen LogP contribution in [0.15, 0.2) is 55.0 Å². The number of likely N-dealkylation sites (tertiary alicyclic amines) is 1. The summed E-state index contributed by atoms with van der Waals surface area (Å²) in [6.45, 7) is 14.3. The summed E-state index contributed by atoms with van der Waals surface area (Å²) in [4.78, 5) is 51.7. The van der Waals surface area contributed by atoms with E-state index in [1.54, 1.807) is 20.1 Å². The van der Waals surface area contributed by atoms with Crippen molar-refractivity contribution in [2.75, 3.05) is 26.8 Å². The number of pyridine rings is 1. The molecule has 1 aromatic carbocycles. The zero-order chi connectivity index (χ0) is 35.1. The van der Waals surface area contributed by atoms with Gasteiger partial charge < -0.3 is 29.7 Å². The zero-order valence-electron chi connectivity index (χ0n) is 28.8. The number of allylic oxidation sites excluding steroid dienone is 1. The highest BCUT2D eigenvalue weighted by Gasteiger charge is 2.62. The second-order valence-electron chi connectivity index (χ2n) is 12.9. The van der Waals surface area contributed by atoms with Crippen LogP contribution in [0.4, 0.5) is 4.79 Å². The molecule has 49 heavy (non-hydrogen) atoms. The van der Waals surface area contributed by atoms with E-state index in [9.17, 15) is 14.4 Å². The number of esters is 1. The first-order chi connectivity index (χ1) is 23.6. The molecule has 3 aromatic rings. The number of hydrogen-bond donors (Lipinski definition) is 2. The molecule has 3 amide bonds. The number of urea groups is 1. The number of benzene rings is 1. The third kappa shape index (κ3) is 8.07. The third-order valence-corrected chi connectivity index (χ3v) is 9.96. The summed E-state index contributed by atoms with van der Waals surface area (Å²) < 4.78 is 17.4. The maximum absolute atomic E-state index is 13.9. The molecule has 1 saturated heterocycles. The SMILES string of the molecule is C=CCCCCCNC(=O)N1C[C@H](Oc2cc(-c3nc(C(C)C)cs3)nc3cc(OC)ccc23)C[C@H]1C(=O)N[C@]1(C(=O)OCC)C[C@H]1C=C. The van der Waals surface area contributed by atoms with Gasteiger partial charge in [-0.3, -0.25) is 4.79 Å². The van der Waals surface area contributed by atoms with E-state index in [-0.39, 0.29) is 37.4 Å². The lowest BCUT2D eigenvalue weighted by atomic mass is 10.1. The number of hydrogen-bond acceptors (Lipinski definition) is 9. The van der Waals surface area contributed by atoms with Crippen LogP contribution < -0.4 is 20.1 Å². The van der Waals surface area contributed by atoms with Crippen LogP contribution in [0.5, 0.6) is 11.5 Å². The van der Waals surface area contributed by atoms with Crippen LogP contribution in [-0.4, -0.2) is 77.3 Å². The summed E-state index contributed by atoms with van der Waals surface area (Å²) in [5.41, 5.74) is 1.13. The van der Waals surface area contributed by atoms with Gasteiger partial charge in [-0.25, -0.2) is 19.6 Å². The van der Waals surface area contributed by atoms with E-state index in [0.29, 0.717) is 35.7 Å². The van der Waals surface area contributed by atoms with Crippen LogP contribution in [0.1, 0.15) is 70.9 Å². The second kappa shape index (κ2) is 15.8. The van der Waals surface area contributed by atoms with Gasteiger partial charge in [-0.1, -0.05) is 32.4 Å². The van der Waals surface area contributed by atoms with Crippen molar-refractivity contribution in [1.82, 2.24) is 25.5 Å². The van der Waals surface area contributed by atoms with E-state index in [4.69, 9.17) is 24.2 Å². The summed E-state index contributed by atoms with van der Waals surface area (Å²) in [6.07, 6.45) is 7.32. The van der Waals surface area contributed by atoms with Gasteiger partial charge in [-0.15, -0.1) is 24.5 Å². The highest BCUT2D eigenvalue weighted by atomic mass is 32.1. The maximum atomic E-state index is 13.9. The van der Waals surface area contributed by atoms with E-state index >= 15 is 0 Å². The molecular formula is C37H47N5O6S. The fourth-order valence-corrected chi connectivity index (χ4v) is 7.11. The Hall–Kier alpha value is -4.45. The number of fused-ring (bicyclic) bond motifs is 1. The van der Waals surface area contributed by atoms with Crippen molar-refractivity contribution in [3.05, 3.63) is 60.6 Å². The highest BCUT2D eigenvalue weighted by Crippen LogP contribution is 2.46. The monoisotopic (exact) mass is 689 g/mol. The van der Waals surface area contributed by atoms with Gasteiger partial charge in [0.15, 0.2) is 0 Å². The molecule has 4 atom stereocenters. The molecule has 12 heteroatoms. The summed E-state index contributed by atoms with van der Waals surface area (Å²) in [5.74, 6) is 0.315. The maximum Gasteiger partial charge on any atom is 0.332 e. The normalized spacial score (nSPS) is 21.3. The molecule has 0 unspecified atom stereocenters. The van der Waals surface area contributed by atoms with Crippen molar-refractivity contribution >= 4 is 40.1 Å². The fraction of sp³-hybridized carbons (Fsp3) is 0.486. The van der Waals surface area contributed by atoms with Gasteiger partial charge in [0.25, 0.3) is 0 Å². The molecule has 2 aliphatic rings. The molecule has 1 aliphatic heterocycles. The van der Waals surface area contributed by atoms with Crippen molar-refractivity contribution in [3.63, 3.8) is 0 Å². The number of carbonyl (C=O) groups is 3. The number of carbonyl (C=O) groups excluding carboxylic acids is 3. The standard InChI is InChI=1S/C37H47N5O6S/c1-7-10-11-12-13-16-38-36(45)42-21-26(18-31(42)33(43)41-37(20-24(37)8-2)35(44)47-9-3)48-32-19-29(34-40-30(22-49-34)23(4)5)39-28-17-25(46-6)14-15-27(28)32/h7-8,14-15,17,19,22-24,26,31H,1-2,9-13,16,18,20-21H2,3-6H3,(H,38,45)(H,41,43)/t24-,26-,31+,37-/m1/s1. The number of ether oxygens (including phenoxy) is 3.